The topological polar surface area (TPSA) is 76.7 Å². The van der Waals surface area contributed by atoms with E-state index < -0.39 is 22.8 Å². The summed E-state index contributed by atoms with van der Waals surface area (Å²) in [5.41, 5.74) is 3.89. The van der Waals surface area contributed by atoms with Crippen LogP contribution in [0.15, 0.2) is 59.5 Å². The molecule has 0 N–H and O–H groups in total. The van der Waals surface area contributed by atoms with Gasteiger partial charge >= 0.3 is 6.61 Å². The van der Waals surface area contributed by atoms with E-state index in [1.54, 1.807) is 18.3 Å². The third-order valence-corrected chi connectivity index (χ3v) is 11.8. The van der Waals surface area contributed by atoms with Crippen molar-refractivity contribution in [3.05, 3.63) is 76.2 Å². The van der Waals surface area contributed by atoms with Gasteiger partial charge in [-0.2, -0.15) is 13.9 Å². The monoisotopic (exact) mass is 697 g/mol. The summed E-state index contributed by atoms with van der Waals surface area (Å²) in [5.74, 6) is 0.243. The molecule has 0 spiro atoms. The average Bonchev–Trinajstić information content (AvgIpc) is 3.77. The van der Waals surface area contributed by atoms with Crippen LogP contribution in [0.2, 0.25) is 51.4 Å². The molecule has 0 aliphatic heterocycles. The Hall–Kier alpha value is -3.33. The Balaban J connectivity index is 1.63. The van der Waals surface area contributed by atoms with Gasteiger partial charge in [0, 0.05) is 34.9 Å². The van der Waals surface area contributed by atoms with Crippen LogP contribution >= 0.6 is 0 Å². The fourth-order valence-corrected chi connectivity index (χ4v) is 6.97. The van der Waals surface area contributed by atoms with E-state index in [1.165, 1.54) is 10.7 Å². The highest BCUT2D eigenvalue weighted by Crippen LogP contribution is 2.40. The van der Waals surface area contributed by atoms with E-state index in [-0.39, 0.29) is 36.6 Å². The summed E-state index contributed by atoms with van der Waals surface area (Å²) in [6.07, 6.45) is 4.64. The van der Waals surface area contributed by atoms with Crippen LogP contribution in [0.4, 0.5) is 8.78 Å². The molecule has 12 heteroatoms. The first-order chi connectivity index (χ1) is 22.8. The normalized spacial score (nSPS) is 13.9. The average molecular weight is 698 g/mol. The van der Waals surface area contributed by atoms with Crippen molar-refractivity contribution in [1.29, 1.82) is 0 Å². The lowest BCUT2D eigenvalue weighted by Crippen LogP contribution is -2.26. The number of nitrogens with zero attached hydrogens (tertiary/aromatic N) is 3. The van der Waals surface area contributed by atoms with Crippen LogP contribution in [0.1, 0.15) is 24.0 Å². The van der Waals surface area contributed by atoms with Crippen LogP contribution in [0.25, 0.3) is 22.2 Å². The highest BCUT2D eigenvalue weighted by molar-refractivity contribution is 6.76. The van der Waals surface area contributed by atoms with Gasteiger partial charge in [-0.1, -0.05) is 69.6 Å². The Kier molecular flexibility index (Phi) is 11.6. The van der Waals surface area contributed by atoms with Crippen molar-refractivity contribution < 1.29 is 27.7 Å². The molecule has 0 atom stereocenters. The molecule has 0 bridgehead atoms. The summed E-state index contributed by atoms with van der Waals surface area (Å²) in [6.45, 7) is 12.2. The van der Waals surface area contributed by atoms with Gasteiger partial charge < -0.3 is 23.5 Å². The maximum Gasteiger partial charge on any atom is 0.387 e. The maximum absolute atomic E-state index is 14.3. The number of fused-ring (bicyclic) bond motifs is 1. The van der Waals surface area contributed by atoms with Gasteiger partial charge in [0.25, 0.3) is 5.56 Å². The molecule has 1 aliphatic carbocycles. The number of hydrogen-bond donors (Lipinski definition) is 0. The third kappa shape index (κ3) is 9.87. The number of halogens is 2. The van der Waals surface area contributed by atoms with Gasteiger partial charge in [0.15, 0.2) is 11.5 Å². The van der Waals surface area contributed by atoms with Crippen LogP contribution in [-0.2, 0) is 35.8 Å². The number of hydrogen-bond acceptors (Lipinski definition) is 6. The van der Waals surface area contributed by atoms with Crippen LogP contribution in [0.5, 0.6) is 11.5 Å². The summed E-state index contributed by atoms with van der Waals surface area (Å²) in [6, 6.07) is 17.1. The molecule has 2 aromatic carbocycles. The van der Waals surface area contributed by atoms with Crippen LogP contribution in [0, 0.1) is 0 Å². The van der Waals surface area contributed by atoms with Gasteiger partial charge in [-0.05, 0) is 67.1 Å². The van der Waals surface area contributed by atoms with Crippen molar-refractivity contribution in [3.63, 3.8) is 0 Å². The van der Waals surface area contributed by atoms with Crippen molar-refractivity contribution in [2.75, 3.05) is 13.2 Å². The van der Waals surface area contributed by atoms with Crippen LogP contribution < -0.4 is 15.0 Å². The summed E-state index contributed by atoms with van der Waals surface area (Å²) < 4.78 is 53.3. The summed E-state index contributed by atoms with van der Waals surface area (Å²) >= 11 is 0. The molecule has 1 saturated carbocycles. The van der Waals surface area contributed by atoms with Gasteiger partial charge in [0.05, 0.1) is 28.9 Å². The van der Waals surface area contributed by atoms with E-state index in [0.717, 1.165) is 47.3 Å². The van der Waals surface area contributed by atoms with Gasteiger partial charge in [-0.15, -0.1) is 0 Å². The molecule has 0 saturated heterocycles. The van der Waals surface area contributed by atoms with Crippen molar-refractivity contribution in [1.82, 2.24) is 14.3 Å². The minimum absolute atomic E-state index is 0.0139. The highest BCUT2D eigenvalue weighted by atomic mass is 28.3. The van der Waals surface area contributed by atoms with E-state index in [1.807, 2.05) is 22.8 Å². The first-order valence-corrected chi connectivity index (χ1v) is 24.3. The number of ether oxygens (including phenoxy) is 4. The molecule has 260 valence electrons. The molecule has 0 unspecified atom stereocenters. The number of benzene rings is 2. The zero-order valence-electron chi connectivity index (χ0n) is 29.1. The molecular formula is C36H49F2N3O5Si2. The van der Waals surface area contributed by atoms with Crippen molar-refractivity contribution >= 4 is 27.1 Å². The zero-order valence-corrected chi connectivity index (χ0v) is 31.1. The Morgan fingerprint density at radius 3 is 2.17 bits per heavy atom. The molecule has 1 fully saturated rings. The molecular weight excluding hydrogens is 649 g/mol. The molecule has 1 aliphatic rings. The Morgan fingerprint density at radius 1 is 0.875 bits per heavy atom. The van der Waals surface area contributed by atoms with Crippen LogP contribution in [0.3, 0.4) is 0 Å². The quantitative estimate of drug-likeness (QED) is 0.0768. The Morgan fingerprint density at radius 2 is 1.54 bits per heavy atom. The predicted molar refractivity (Wildman–Crippen MR) is 192 cm³/mol. The minimum Gasteiger partial charge on any atom is -0.487 e. The fraction of sp³-hybridized carbons (Fsp3) is 0.500. The van der Waals surface area contributed by atoms with Crippen molar-refractivity contribution in [3.8, 4) is 22.8 Å². The van der Waals surface area contributed by atoms with E-state index in [0.29, 0.717) is 37.0 Å². The second-order valence-corrected chi connectivity index (χ2v) is 26.2. The lowest BCUT2D eigenvalue weighted by molar-refractivity contribution is -0.0516. The van der Waals surface area contributed by atoms with E-state index in [9.17, 15) is 13.6 Å². The number of aromatic nitrogens is 3. The number of aryl methyl sites for hydroxylation is 2. The Bertz CT molecular complexity index is 1730. The molecule has 8 nitrogen and oxygen atoms in total. The summed E-state index contributed by atoms with van der Waals surface area (Å²) in [5, 5.41) is 5.09. The molecule has 0 radical (unpaired) electrons. The predicted octanol–water partition coefficient (Wildman–Crippen LogP) is 8.42. The van der Waals surface area contributed by atoms with E-state index in [2.05, 4.69) is 56.5 Å². The standard InChI is InChI=1S/C36H49F2N3O5Si2/c1-47(2,3)20-18-43-24-40-30-23-39-41(25-44-19-21-48(4,5)6)35(42)33(30)29(16-12-26-10-8-7-9-11-26)34(40)27-13-17-31(46-36(37)38)32(22-27)45-28-14-15-28/h7-11,13,17,22-23,28,36H,12,14-16,18-21,24-25H2,1-6H3. The summed E-state index contributed by atoms with van der Waals surface area (Å²) in [4.78, 5) is 14.3. The van der Waals surface area contributed by atoms with Crippen molar-refractivity contribution in [2.45, 2.75) is 103 Å². The smallest absolute Gasteiger partial charge is 0.387 e. The van der Waals surface area contributed by atoms with E-state index >= 15 is 0 Å². The maximum atomic E-state index is 14.3. The van der Waals surface area contributed by atoms with Crippen molar-refractivity contribution in [2.24, 2.45) is 0 Å². The molecule has 5 rings (SSSR count). The number of alkyl halides is 2. The molecule has 0 amide bonds. The van der Waals surface area contributed by atoms with E-state index in [4.69, 9.17) is 18.9 Å². The second-order valence-electron chi connectivity index (χ2n) is 15.0. The first kappa shape index (κ1) is 36.0. The van der Waals surface area contributed by atoms with Crippen LogP contribution in [-0.4, -0.2) is 56.4 Å². The van der Waals surface area contributed by atoms with Gasteiger partial charge in [-0.25, -0.2) is 4.68 Å². The lowest BCUT2D eigenvalue weighted by Gasteiger charge is -2.18. The minimum atomic E-state index is -2.98. The fourth-order valence-electron chi connectivity index (χ4n) is 5.45. The molecule has 2 heterocycles. The Labute approximate surface area is 284 Å². The number of rotatable bonds is 18. The van der Waals surface area contributed by atoms with Gasteiger partial charge in [0.2, 0.25) is 0 Å². The molecule has 48 heavy (non-hydrogen) atoms. The first-order valence-electron chi connectivity index (χ1n) is 16.9. The highest BCUT2D eigenvalue weighted by Gasteiger charge is 2.28. The largest absolute Gasteiger partial charge is 0.487 e. The SMILES string of the molecule is C[Si](C)(C)CCOCn1ncc2c(c(CCc3ccccc3)c(-c3ccc(OC(F)F)c(OC4CC4)c3)n2COCC[Si](C)(C)C)c1=O. The zero-order chi connectivity index (χ0) is 34.5. The van der Waals surface area contributed by atoms with Gasteiger partial charge in [0.1, 0.15) is 13.5 Å². The lowest BCUT2D eigenvalue weighted by atomic mass is 9.99. The second kappa shape index (κ2) is 15.5. The third-order valence-electron chi connectivity index (χ3n) is 8.36. The molecule has 2 aromatic heterocycles. The summed E-state index contributed by atoms with van der Waals surface area (Å²) in [7, 11) is -2.66. The van der Waals surface area contributed by atoms with Gasteiger partial charge in [-0.3, -0.25) is 4.79 Å². The molecule has 4 aromatic rings.